The highest BCUT2D eigenvalue weighted by Crippen LogP contribution is 2.36. The molecule has 5 nitrogen and oxygen atoms in total. The summed E-state index contributed by atoms with van der Waals surface area (Å²) >= 11 is 0. The van der Waals surface area contributed by atoms with Crippen LogP contribution >= 0.6 is 0 Å². The van der Waals surface area contributed by atoms with Gasteiger partial charge in [-0.3, -0.25) is 4.79 Å². The Morgan fingerprint density at radius 1 is 1.31 bits per heavy atom. The Morgan fingerprint density at radius 2 is 2.04 bits per heavy atom. The topological polar surface area (TPSA) is 73.6 Å². The lowest BCUT2D eigenvalue weighted by Gasteiger charge is -2.37. The van der Waals surface area contributed by atoms with Crippen LogP contribution in [0.25, 0.3) is 0 Å². The minimum atomic E-state index is -1.18. The number of methoxy groups -OCH3 is 1. The Morgan fingerprint density at radius 3 is 2.69 bits per heavy atom. The van der Waals surface area contributed by atoms with Crippen LogP contribution < -0.4 is 4.74 Å². The molecule has 0 radical (unpaired) electrons. The lowest BCUT2D eigenvalue weighted by molar-refractivity contribution is -0.0177. The van der Waals surface area contributed by atoms with Crippen molar-refractivity contribution in [3.63, 3.8) is 0 Å². The van der Waals surface area contributed by atoms with Crippen molar-refractivity contribution in [3.05, 3.63) is 65.2 Å². The number of carbonyl (C=O) groups excluding carboxylic acids is 1. The van der Waals surface area contributed by atoms with Gasteiger partial charge in [0.2, 0.25) is 0 Å². The van der Waals surface area contributed by atoms with Crippen LogP contribution in [0.4, 0.5) is 0 Å². The first-order chi connectivity index (χ1) is 12.5. The predicted octanol–water partition coefficient (Wildman–Crippen LogP) is 3.08. The van der Waals surface area contributed by atoms with Crippen molar-refractivity contribution in [2.45, 2.75) is 31.4 Å². The number of hydrogen-bond acceptors (Lipinski definition) is 4. The van der Waals surface area contributed by atoms with Gasteiger partial charge in [0.25, 0.3) is 5.91 Å². The normalized spacial score (nSPS) is 18.8. The summed E-state index contributed by atoms with van der Waals surface area (Å²) in [4.78, 5) is 14.7. The SMILES string of the molecule is COc1ccc([C@](C)(O)[C@H]2CCCN2C(=O)c2cccc(C#N)c2)cc1. The lowest BCUT2D eigenvalue weighted by Crippen LogP contribution is -2.48. The Kier molecular flexibility index (Phi) is 4.97. The van der Waals surface area contributed by atoms with E-state index >= 15 is 0 Å². The Labute approximate surface area is 153 Å². The number of hydrogen-bond donors (Lipinski definition) is 1. The highest BCUT2D eigenvalue weighted by atomic mass is 16.5. The van der Waals surface area contributed by atoms with Crippen LogP contribution in [0.1, 0.15) is 41.3 Å². The highest BCUT2D eigenvalue weighted by molar-refractivity contribution is 5.95. The van der Waals surface area contributed by atoms with E-state index in [0.29, 0.717) is 17.7 Å². The average molecular weight is 350 g/mol. The molecule has 0 unspecified atom stereocenters. The molecule has 0 aromatic heterocycles. The predicted molar refractivity (Wildman–Crippen MR) is 97.8 cm³/mol. The molecule has 2 aromatic carbocycles. The van der Waals surface area contributed by atoms with Gasteiger partial charge in [-0.05, 0) is 55.7 Å². The molecular weight excluding hydrogens is 328 g/mol. The first-order valence-electron chi connectivity index (χ1n) is 8.65. The van der Waals surface area contributed by atoms with Gasteiger partial charge in [0.15, 0.2) is 0 Å². The fraction of sp³-hybridized carbons (Fsp3) is 0.333. The number of likely N-dealkylation sites (tertiary alicyclic amines) is 1. The second-order valence-electron chi connectivity index (χ2n) is 6.73. The van der Waals surface area contributed by atoms with Crippen molar-refractivity contribution in [1.82, 2.24) is 4.90 Å². The number of benzene rings is 2. The molecule has 5 heteroatoms. The minimum absolute atomic E-state index is 0.154. The smallest absolute Gasteiger partial charge is 0.254 e. The maximum Gasteiger partial charge on any atom is 0.254 e. The van der Waals surface area contributed by atoms with E-state index in [2.05, 4.69) is 6.07 Å². The van der Waals surface area contributed by atoms with Crippen molar-refractivity contribution in [2.24, 2.45) is 0 Å². The third kappa shape index (κ3) is 3.29. The second kappa shape index (κ2) is 7.19. The number of nitriles is 1. The van der Waals surface area contributed by atoms with E-state index in [9.17, 15) is 9.90 Å². The van der Waals surface area contributed by atoms with Crippen molar-refractivity contribution < 1.29 is 14.6 Å². The summed E-state index contributed by atoms with van der Waals surface area (Å²) in [5.41, 5.74) is 0.495. The molecule has 0 spiro atoms. The third-order valence-electron chi connectivity index (χ3n) is 5.08. The summed E-state index contributed by atoms with van der Waals surface area (Å²) in [6.07, 6.45) is 1.56. The van der Waals surface area contributed by atoms with Gasteiger partial charge in [-0.2, -0.15) is 5.26 Å². The maximum absolute atomic E-state index is 13.0. The largest absolute Gasteiger partial charge is 0.497 e. The molecule has 1 fully saturated rings. The molecule has 3 rings (SSSR count). The molecule has 0 aliphatic carbocycles. The van der Waals surface area contributed by atoms with Crippen molar-refractivity contribution in [2.75, 3.05) is 13.7 Å². The molecule has 2 aromatic rings. The van der Waals surface area contributed by atoms with Gasteiger partial charge in [0.1, 0.15) is 11.4 Å². The zero-order valence-corrected chi connectivity index (χ0v) is 15.0. The fourth-order valence-corrected chi connectivity index (χ4v) is 3.60. The van der Waals surface area contributed by atoms with Gasteiger partial charge >= 0.3 is 0 Å². The number of rotatable bonds is 4. The van der Waals surface area contributed by atoms with Crippen molar-refractivity contribution in [3.8, 4) is 11.8 Å². The van der Waals surface area contributed by atoms with Gasteiger partial charge in [-0.1, -0.05) is 18.2 Å². The first-order valence-corrected chi connectivity index (χ1v) is 8.65. The van der Waals surface area contributed by atoms with Crippen LogP contribution in [0.5, 0.6) is 5.75 Å². The summed E-state index contributed by atoms with van der Waals surface area (Å²) in [5.74, 6) is 0.565. The van der Waals surface area contributed by atoms with Crippen LogP contribution in [-0.4, -0.2) is 35.6 Å². The zero-order chi connectivity index (χ0) is 18.7. The van der Waals surface area contributed by atoms with Gasteiger partial charge in [-0.25, -0.2) is 0 Å². The summed E-state index contributed by atoms with van der Waals surface area (Å²) in [5, 5.41) is 20.3. The van der Waals surface area contributed by atoms with E-state index < -0.39 is 5.60 Å². The molecule has 0 saturated carbocycles. The van der Waals surface area contributed by atoms with Crippen molar-refractivity contribution in [1.29, 1.82) is 5.26 Å². The van der Waals surface area contributed by atoms with Crippen molar-refractivity contribution >= 4 is 5.91 Å². The lowest BCUT2D eigenvalue weighted by atomic mass is 9.86. The molecule has 26 heavy (non-hydrogen) atoms. The van der Waals surface area contributed by atoms with E-state index in [1.165, 1.54) is 0 Å². The summed E-state index contributed by atoms with van der Waals surface area (Å²) < 4.78 is 5.17. The molecule has 1 aliphatic heterocycles. The van der Waals surface area contributed by atoms with Gasteiger partial charge < -0.3 is 14.7 Å². The van der Waals surface area contributed by atoms with Crippen LogP contribution in [0, 0.1) is 11.3 Å². The van der Waals surface area contributed by atoms with Crippen LogP contribution in [-0.2, 0) is 5.60 Å². The molecule has 1 amide bonds. The molecule has 1 saturated heterocycles. The van der Waals surface area contributed by atoms with E-state index in [1.54, 1.807) is 55.3 Å². The molecule has 1 N–H and O–H groups in total. The quantitative estimate of drug-likeness (QED) is 0.920. The average Bonchev–Trinajstić information content (AvgIpc) is 3.18. The summed E-state index contributed by atoms with van der Waals surface area (Å²) in [6.45, 7) is 2.34. The number of nitrogens with zero attached hydrogens (tertiary/aromatic N) is 2. The zero-order valence-electron chi connectivity index (χ0n) is 15.0. The standard InChI is InChI=1S/C21H22N2O3/c1-21(25,17-8-10-18(26-2)11-9-17)19-7-4-12-23(19)20(24)16-6-3-5-15(13-16)14-22/h3,5-6,8-11,13,19,25H,4,7,12H2,1-2H3/t19-,21+/m1/s1. The molecule has 0 bridgehead atoms. The van der Waals surface area contributed by atoms with E-state index in [4.69, 9.17) is 10.00 Å². The number of aliphatic hydroxyl groups is 1. The minimum Gasteiger partial charge on any atom is -0.497 e. The van der Waals surface area contributed by atoms with Crippen LogP contribution in [0.2, 0.25) is 0 Å². The third-order valence-corrected chi connectivity index (χ3v) is 5.08. The summed E-state index contributed by atoms with van der Waals surface area (Å²) in [7, 11) is 1.60. The Bertz CT molecular complexity index is 837. The Hall–Kier alpha value is -2.84. The number of carbonyl (C=O) groups is 1. The first kappa shape index (κ1) is 18.0. The number of ether oxygens (including phenoxy) is 1. The highest BCUT2D eigenvalue weighted by Gasteiger charge is 2.42. The van der Waals surface area contributed by atoms with Crippen LogP contribution in [0.15, 0.2) is 48.5 Å². The molecular formula is C21H22N2O3. The fourth-order valence-electron chi connectivity index (χ4n) is 3.60. The van der Waals surface area contributed by atoms with E-state index in [1.807, 2.05) is 12.1 Å². The molecule has 1 heterocycles. The molecule has 1 aliphatic rings. The maximum atomic E-state index is 13.0. The summed E-state index contributed by atoms with van der Waals surface area (Å²) in [6, 6.07) is 15.7. The van der Waals surface area contributed by atoms with Gasteiger partial charge in [0.05, 0.1) is 24.8 Å². The van der Waals surface area contributed by atoms with Gasteiger partial charge in [-0.15, -0.1) is 0 Å². The Balaban J connectivity index is 1.88. The van der Waals surface area contributed by atoms with E-state index in [0.717, 1.165) is 24.2 Å². The van der Waals surface area contributed by atoms with Gasteiger partial charge in [0, 0.05) is 12.1 Å². The molecule has 2 atom stereocenters. The number of amides is 1. The van der Waals surface area contributed by atoms with E-state index in [-0.39, 0.29) is 11.9 Å². The molecule has 134 valence electrons. The second-order valence-corrected chi connectivity index (χ2v) is 6.73. The monoisotopic (exact) mass is 350 g/mol. The van der Waals surface area contributed by atoms with Crippen LogP contribution in [0.3, 0.4) is 0 Å².